The number of anilines is 1. The molecule has 0 aliphatic carbocycles. The first-order valence-corrected chi connectivity index (χ1v) is 6.73. The highest BCUT2D eigenvalue weighted by Gasteiger charge is 2.28. The van der Waals surface area contributed by atoms with Gasteiger partial charge in [0.2, 0.25) is 5.91 Å². The molecule has 2 rings (SSSR count). The molecule has 2 atom stereocenters. The third kappa shape index (κ3) is 2.84. The number of nitrogens with zero attached hydrogens (tertiary/aromatic N) is 1. The molecule has 1 aromatic rings. The fraction of sp³-hybridized carbons (Fsp3) is 0.533. The molecule has 1 saturated heterocycles. The van der Waals surface area contributed by atoms with E-state index >= 15 is 0 Å². The number of carbonyl (C=O) groups is 1. The maximum atomic E-state index is 12.4. The molecule has 98 valence electrons. The smallest absolute Gasteiger partial charge is 0.227 e. The predicted molar refractivity (Wildman–Crippen MR) is 74.2 cm³/mol. The second-order valence-corrected chi connectivity index (χ2v) is 5.35. The van der Waals surface area contributed by atoms with E-state index in [0.717, 1.165) is 24.1 Å². The third-order valence-electron chi connectivity index (χ3n) is 3.79. The highest BCUT2D eigenvalue weighted by Crippen LogP contribution is 2.23. The van der Waals surface area contributed by atoms with Crippen LogP contribution in [-0.4, -0.2) is 22.9 Å². The Kier molecular flexibility index (Phi) is 3.90. The molecule has 1 fully saturated rings. The molecule has 1 aromatic carbocycles. The van der Waals surface area contributed by atoms with Crippen LogP contribution < -0.4 is 5.73 Å². The zero-order chi connectivity index (χ0) is 13.1. The molecule has 0 saturated carbocycles. The Labute approximate surface area is 109 Å². The van der Waals surface area contributed by atoms with E-state index in [2.05, 4.69) is 13.8 Å². The topological polar surface area (TPSA) is 46.3 Å². The lowest BCUT2D eigenvalue weighted by atomic mass is 9.96. The molecule has 0 aromatic heterocycles. The lowest BCUT2D eigenvalue weighted by Crippen LogP contribution is -2.48. The Balaban J connectivity index is 2.07. The second-order valence-electron chi connectivity index (χ2n) is 5.35. The van der Waals surface area contributed by atoms with E-state index in [0.29, 0.717) is 18.5 Å². The predicted octanol–water partition coefficient (Wildman–Crippen LogP) is 2.60. The number of nitrogen functional groups attached to an aromatic ring is 1. The maximum Gasteiger partial charge on any atom is 0.227 e. The monoisotopic (exact) mass is 246 g/mol. The maximum absolute atomic E-state index is 12.4. The van der Waals surface area contributed by atoms with Gasteiger partial charge >= 0.3 is 0 Å². The van der Waals surface area contributed by atoms with E-state index in [4.69, 9.17) is 5.73 Å². The van der Waals surface area contributed by atoms with Crippen molar-refractivity contribution in [2.24, 2.45) is 0 Å². The molecule has 1 amide bonds. The van der Waals surface area contributed by atoms with Crippen LogP contribution in [0.15, 0.2) is 24.3 Å². The summed E-state index contributed by atoms with van der Waals surface area (Å²) in [6.07, 6.45) is 3.92. The van der Waals surface area contributed by atoms with Gasteiger partial charge in [-0.25, -0.2) is 0 Å². The van der Waals surface area contributed by atoms with Gasteiger partial charge in [-0.2, -0.15) is 0 Å². The number of nitrogens with two attached hydrogens (primary N) is 1. The zero-order valence-electron chi connectivity index (χ0n) is 11.2. The molecular formula is C15H22N2O. The summed E-state index contributed by atoms with van der Waals surface area (Å²) in [4.78, 5) is 14.4. The van der Waals surface area contributed by atoms with E-state index in [-0.39, 0.29) is 5.91 Å². The van der Waals surface area contributed by atoms with Crippen molar-refractivity contribution in [1.29, 1.82) is 0 Å². The Morgan fingerprint density at radius 2 is 2.00 bits per heavy atom. The minimum absolute atomic E-state index is 0.223. The summed E-state index contributed by atoms with van der Waals surface area (Å²) in [7, 11) is 0. The van der Waals surface area contributed by atoms with E-state index < -0.39 is 0 Å². The van der Waals surface area contributed by atoms with E-state index in [1.54, 1.807) is 0 Å². The van der Waals surface area contributed by atoms with Gasteiger partial charge in [0, 0.05) is 17.8 Å². The molecule has 1 aliphatic heterocycles. The van der Waals surface area contributed by atoms with Crippen molar-refractivity contribution in [2.75, 3.05) is 5.73 Å². The van der Waals surface area contributed by atoms with Crippen LogP contribution in [-0.2, 0) is 11.2 Å². The van der Waals surface area contributed by atoms with Gasteiger partial charge in [-0.05, 0) is 50.8 Å². The first-order chi connectivity index (χ1) is 8.58. The Bertz CT molecular complexity index is 420. The van der Waals surface area contributed by atoms with Gasteiger partial charge in [0.25, 0.3) is 0 Å². The van der Waals surface area contributed by atoms with Crippen LogP contribution in [0.4, 0.5) is 5.69 Å². The van der Waals surface area contributed by atoms with Gasteiger partial charge < -0.3 is 10.6 Å². The molecule has 2 N–H and O–H groups in total. The zero-order valence-corrected chi connectivity index (χ0v) is 11.2. The fourth-order valence-electron chi connectivity index (χ4n) is 2.88. The number of piperidine rings is 1. The standard InChI is InChI=1S/C15H22N2O/c1-11-5-3-6-12(2)17(11)15(18)10-13-7-4-8-14(16)9-13/h4,7-9,11-12H,3,5-6,10,16H2,1-2H3/t11-,12-/m1/s1. The van der Waals surface area contributed by atoms with E-state index in [1.165, 1.54) is 6.42 Å². The van der Waals surface area contributed by atoms with Gasteiger partial charge in [0.1, 0.15) is 0 Å². The summed E-state index contributed by atoms with van der Waals surface area (Å²) in [6, 6.07) is 8.33. The first-order valence-electron chi connectivity index (χ1n) is 6.73. The van der Waals surface area contributed by atoms with Crippen LogP contribution in [0.2, 0.25) is 0 Å². The lowest BCUT2D eigenvalue weighted by Gasteiger charge is -2.39. The average molecular weight is 246 g/mol. The molecule has 18 heavy (non-hydrogen) atoms. The Hall–Kier alpha value is -1.51. The van der Waals surface area contributed by atoms with Crippen molar-refractivity contribution >= 4 is 11.6 Å². The fourth-order valence-corrected chi connectivity index (χ4v) is 2.88. The molecule has 3 heteroatoms. The summed E-state index contributed by atoms with van der Waals surface area (Å²) in [5, 5.41) is 0. The molecule has 0 radical (unpaired) electrons. The molecule has 0 bridgehead atoms. The number of hydrogen-bond acceptors (Lipinski definition) is 2. The van der Waals surface area contributed by atoms with Gasteiger partial charge in [0.15, 0.2) is 0 Å². The molecule has 0 unspecified atom stereocenters. The number of amides is 1. The second kappa shape index (κ2) is 5.42. The van der Waals surface area contributed by atoms with Crippen molar-refractivity contribution in [3.8, 4) is 0 Å². The van der Waals surface area contributed by atoms with Gasteiger partial charge in [-0.3, -0.25) is 4.79 Å². The van der Waals surface area contributed by atoms with E-state index in [1.807, 2.05) is 29.2 Å². The van der Waals surface area contributed by atoms with Crippen LogP contribution in [0.1, 0.15) is 38.7 Å². The number of benzene rings is 1. The van der Waals surface area contributed by atoms with Crippen molar-refractivity contribution in [1.82, 2.24) is 4.90 Å². The highest BCUT2D eigenvalue weighted by atomic mass is 16.2. The van der Waals surface area contributed by atoms with Crippen molar-refractivity contribution in [2.45, 2.75) is 51.6 Å². The van der Waals surface area contributed by atoms with Gasteiger partial charge in [0.05, 0.1) is 6.42 Å². The average Bonchev–Trinajstić information content (AvgIpc) is 2.28. The third-order valence-corrected chi connectivity index (χ3v) is 3.79. The Morgan fingerprint density at radius 3 is 2.61 bits per heavy atom. The summed E-state index contributed by atoms with van der Waals surface area (Å²) in [5.74, 6) is 0.223. The molecular weight excluding hydrogens is 224 g/mol. The lowest BCUT2D eigenvalue weighted by molar-refractivity contribution is -0.136. The number of carbonyl (C=O) groups excluding carboxylic acids is 1. The minimum atomic E-state index is 0.223. The van der Waals surface area contributed by atoms with Crippen molar-refractivity contribution in [3.63, 3.8) is 0 Å². The molecule has 1 aliphatic rings. The Morgan fingerprint density at radius 1 is 1.33 bits per heavy atom. The highest BCUT2D eigenvalue weighted by molar-refractivity contribution is 5.79. The van der Waals surface area contributed by atoms with Crippen LogP contribution in [0.3, 0.4) is 0 Å². The normalized spacial score (nSPS) is 24.0. The minimum Gasteiger partial charge on any atom is -0.399 e. The van der Waals surface area contributed by atoms with E-state index in [9.17, 15) is 4.79 Å². The van der Waals surface area contributed by atoms with Crippen molar-refractivity contribution < 1.29 is 4.79 Å². The summed E-state index contributed by atoms with van der Waals surface area (Å²) in [6.45, 7) is 4.29. The summed E-state index contributed by atoms with van der Waals surface area (Å²) < 4.78 is 0. The van der Waals surface area contributed by atoms with Gasteiger partial charge in [-0.1, -0.05) is 12.1 Å². The number of hydrogen-bond donors (Lipinski definition) is 1. The number of likely N-dealkylation sites (tertiary alicyclic amines) is 1. The molecule has 0 spiro atoms. The van der Waals surface area contributed by atoms with Crippen molar-refractivity contribution in [3.05, 3.63) is 29.8 Å². The quantitative estimate of drug-likeness (QED) is 0.815. The summed E-state index contributed by atoms with van der Waals surface area (Å²) >= 11 is 0. The molecule has 1 heterocycles. The number of rotatable bonds is 2. The van der Waals surface area contributed by atoms with Crippen LogP contribution >= 0.6 is 0 Å². The van der Waals surface area contributed by atoms with Gasteiger partial charge in [-0.15, -0.1) is 0 Å². The van der Waals surface area contributed by atoms with Crippen LogP contribution in [0.5, 0.6) is 0 Å². The first kappa shape index (κ1) is 12.9. The van der Waals surface area contributed by atoms with Crippen LogP contribution in [0, 0.1) is 0 Å². The van der Waals surface area contributed by atoms with Crippen LogP contribution in [0.25, 0.3) is 0 Å². The summed E-state index contributed by atoms with van der Waals surface area (Å²) in [5.41, 5.74) is 7.47. The largest absolute Gasteiger partial charge is 0.399 e. The SMILES string of the molecule is C[C@@H]1CCC[C@@H](C)N1C(=O)Cc1cccc(N)c1. The molecule has 3 nitrogen and oxygen atoms in total.